The van der Waals surface area contributed by atoms with E-state index in [4.69, 9.17) is 4.74 Å². The molecule has 2 heterocycles. The van der Waals surface area contributed by atoms with Crippen LogP contribution in [0.2, 0.25) is 0 Å². The van der Waals surface area contributed by atoms with Crippen LogP contribution >= 0.6 is 0 Å². The predicted molar refractivity (Wildman–Crippen MR) is 75.5 cm³/mol. The van der Waals surface area contributed by atoms with Gasteiger partial charge in [0.15, 0.2) is 0 Å². The summed E-state index contributed by atoms with van der Waals surface area (Å²) >= 11 is 0. The molecule has 6 heteroatoms. The zero-order chi connectivity index (χ0) is 15.3. The summed E-state index contributed by atoms with van der Waals surface area (Å²) in [6.07, 6.45) is 3.88. The van der Waals surface area contributed by atoms with E-state index in [9.17, 15) is 13.6 Å². The first kappa shape index (κ1) is 13.9. The number of ether oxygens (including phenoxy) is 1. The Bertz CT molecular complexity index is 590. The van der Waals surface area contributed by atoms with Crippen LogP contribution in [0.1, 0.15) is 37.2 Å². The Kier molecular flexibility index (Phi) is 3.29. The second kappa shape index (κ2) is 5.19. The molecule has 2 N–H and O–H groups in total. The van der Waals surface area contributed by atoms with Crippen LogP contribution in [0.5, 0.6) is 0 Å². The van der Waals surface area contributed by atoms with Crippen LogP contribution in [0.4, 0.5) is 13.6 Å². The fourth-order valence-electron chi connectivity index (χ4n) is 3.71. The highest BCUT2D eigenvalue weighted by molar-refractivity contribution is 5.75. The molecule has 0 spiro atoms. The minimum Gasteiger partial charge on any atom is -0.373 e. The SMILES string of the molecule is O=C(N[C@@H]1C[C@@H]1c1c(F)cccc1F)N[C@@H]1C[C@H]2CC[C@H]1O2. The molecular formula is C16H18F2N2O2. The monoisotopic (exact) mass is 308 g/mol. The summed E-state index contributed by atoms with van der Waals surface area (Å²) in [7, 11) is 0. The average Bonchev–Trinajstić information content (AvgIpc) is 2.91. The third-order valence-corrected chi connectivity index (χ3v) is 4.90. The van der Waals surface area contributed by atoms with Crippen molar-refractivity contribution in [2.45, 2.75) is 55.9 Å². The van der Waals surface area contributed by atoms with E-state index in [-0.39, 0.29) is 41.8 Å². The van der Waals surface area contributed by atoms with Crippen LogP contribution < -0.4 is 10.6 Å². The quantitative estimate of drug-likeness (QED) is 0.901. The van der Waals surface area contributed by atoms with Crippen molar-refractivity contribution in [3.63, 3.8) is 0 Å². The molecule has 22 heavy (non-hydrogen) atoms. The summed E-state index contributed by atoms with van der Waals surface area (Å²) < 4.78 is 33.1. The summed E-state index contributed by atoms with van der Waals surface area (Å²) in [6.45, 7) is 0. The summed E-state index contributed by atoms with van der Waals surface area (Å²) in [4.78, 5) is 12.0. The lowest BCUT2D eigenvalue weighted by molar-refractivity contribution is 0.0981. The van der Waals surface area contributed by atoms with Gasteiger partial charge in [-0.05, 0) is 37.8 Å². The van der Waals surface area contributed by atoms with E-state index in [0.717, 1.165) is 19.3 Å². The number of benzene rings is 1. The van der Waals surface area contributed by atoms with Gasteiger partial charge in [0.1, 0.15) is 11.6 Å². The van der Waals surface area contributed by atoms with Gasteiger partial charge < -0.3 is 15.4 Å². The molecule has 1 aromatic carbocycles. The second-order valence-corrected chi connectivity index (χ2v) is 6.42. The third-order valence-electron chi connectivity index (χ3n) is 4.90. The Morgan fingerprint density at radius 3 is 2.45 bits per heavy atom. The lowest BCUT2D eigenvalue weighted by atomic mass is 9.96. The van der Waals surface area contributed by atoms with Crippen LogP contribution in [0.3, 0.4) is 0 Å². The molecule has 0 radical (unpaired) electrons. The molecule has 2 saturated heterocycles. The highest BCUT2D eigenvalue weighted by Gasteiger charge is 2.44. The van der Waals surface area contributed by atoms with Crippen molar-refractivity contribution >= 4 is 6.03 Å². The highest BCUT2D eigenvalue weighted by atomic mass is 19.1. The Hall–Kier alpha value is -1.69. The van der Waals surface area contributed by atoms with E-state index in [1.54, 1.807) is 0 Å². The minimum atomic E-state index is -0.545. The molecule has 2 amide bonds. The molecule has 4 nitrogen and oxygen atoms in total. The number of hydrogen-bond donors (Lipinski definition) is 2. The molecule has 5 atom stereocenters. The molecule has 4 rings (SSSR count). The molecule has 118 valence electrons. The van der Waals surface area contributed by atoms with E-state index in [0.29, 0.717) is 6.42 Å². The lowest BCUT2D eigenvalue weighted by Gasteiger charge is -2.20. The summed E-state index contributed by atoms with van der Waals surface area (Å²) in [6, 6.07) is 3.43. The van der Waals surface area contributed by atoms with Crippen molar-refractivity contribution < 1.29 is 18.3 Å². The number of nitrogens with one attached hydrogen (secondary N) is 2. The fourth-order valence-corrected chi connectivity index (χ4v) is 3.71. The maximum Gasteiger partial charge on any atom is 0.315 e. The standard InChI is InChI=1S/C16H18F2N2O2/c17-10-2-1-3-11(18)15(10)9-7-12(9)19-16(21)20-13-6-8-4-5-14(13)22-8/h1-3,8-9,12-14H,4-7H2,(H2,19,20,21)/t8-,9+,12-,13-,14-/m1/s1. The smallest absolute Gasteiger partial charge is 0.315 e. The van der Waals surface area contributed by atoms with E-state index >= 15 is 0 Å². The van der Waals surface area contributed by atoms with Crippen LogP contribution in [0.15, 0.2) is 18.2 Å². The summed E-state index contributed by atoms with van der Waals surface area (Å²) in [5, 5.41) is 5.72. The average molecular weight is 308 g/mol. The molecule has 1 aromatic rings. The zero-order valence-electron chi connectivity index (χ0n) is 12.0. The van der Waals surface area contributed by atoms with E-state index in [1.165, 1.54) is 18.2 Å². The van der Waals surface area contributed by atoms with Crippen LogP contribution in [0, 0.1) is 11.6 Å². The van der Waals surface area contributed by atoms with Gasteiger partial charge in [0.2, 0.25) is 0 Å². The molecule has 0 aromatic heterocycles. The van der Waals surface area contributed by atoms with Gasteiger partial charge in [-0.3, -0.25) is 0 Å². The van der Waals surface area contributed by atoms with Gasteiger partial charge in [-0.25, -0.2) is 13.6 Å². The van der Waals surface area contributed by atoms with Crippen molar-refractivity contribution in [1.82, 2.24) is 10.6 Å². The minimum absolute atomic E-state index is 0.0566. The van der Waals surface area contributed by atoms with Crippen LogP contribution in [0.25, 0.3) is 0 Å². The Morgan fingerprint density at radius 1 is 1.09 bits per heavy atom. The summed E-state index contributed by atoms with van der Waals surface area (Å²) in [5.74, 6) is -1.37. The van der Waals surface area contributed by atoms with Gasteiger partial charge in [0.05, 0.1) is 18.2 Å². The maximum absolute atomic E-state index is 13.7. The third kappa shape index (κ3) is 2.45. The van der Waals surface area contributed by atoms with Gasteiger partial charge in [0.25, 0.3) is 0 Å². The van der Waals surface area contributed by atoms with Crippen LogP contribution in [-0.4, -0.2) is 30.3 Å². The lowest BCUT2D eigenvalue weighted by Crippen LogP contribution is -2.47. The Balaban J connectivity index is 1.33. The predicted octanol–water partition coefficient (Wildman–Crippen LogP) is 2.44. The number of fused-ring (bicyclic) bond motifs is 2. The number of amides is 2. The van der Waals surface area contributed by atoms with E-state index < -0.39 is 11.6 Å². The van der Waals surface area contributed by atoms with Crippen molar-refractivity contribution in [3.8, 4) is 0 Å². The first-order chi connectivity index (χ1) is 10.6. The van der Waals surface area contributed by atoms with Crippen molar-refractivity contribution in [2.24, 2.45) is 0 Å². The summed E-state index contributed by atoms with van der Waals surface area (Å²) in [5.41, 5.74) is 0.0797. The molecule has 0 unspecified atom stereocenters. The van der Waals surface area contributed by atoms with Crippen molar-refractivity contribution in [1.29, 1.82) is 0 Å². The molecule has 3 aliphatic rings. The second-order valence-electron chi connectivity index (χ2n) is 6.42. The molecule has 3 fully saturated rings. The van der Waals surface area contributed by atoms with Gasteiger partial charge in [-0.2, -0.15) is 0 Å². The van der Waals surface area contributed by atoms with Crippen LogP contribution in [-0.2, 0) is 4.74 Å². The normalized spacial score (nSPS) is 35.5. The molecule has 1 saturated carbocycles. The number of carbonyl (C=O) groups is 1. The largest absolute Gasteiger partial charge is 0.373 e. The molecule has 2 aliphatic heterocycles. The Morgan fingerprint density at radius 2 is 1.82 bits per heavy atom. The Labute approximate surface area is 127 Å². The molecular weight excluding hydrogens is 290 g/mol. The van der Waals surface area contributed by atoms with Gasteiger partial charge >= 0.3 is 6.03 Å². The van der Waals surface area contributed by atoms with Crippen molar-refractivity contribution in [2.75, 3.05) is 0 Å². The first-order valence-electron chi connectivity index (χ1n) is 7.78. The number of rotatable bonds is 3. The van der Waals surface area contributed by atoms with E-state index in [1.807, 2.05) is 0 Å². The molecule has 1 aliphatic carbocycles. The van der Waals surface area contributed by atoms with Gasteiger partial charge in [-0.1, -0.05) is 6.07 Å². The number of carbonyl (C=O) groups excluding carboxylic acids is 1. The number of hydrogen-bond acceptors (Lipinski definition) is 2. The van der Waals surface area contributed by atoms with Crippen molar-refractivity contribution in [3.05, 3.63) is 35.4 Å². The molecule has 2 bridgehead atoms. The highest BCUT2D eigenvalue weighted by Crippen LogP contribution is 2.43. The maximum atomic E-state index is 13.7. The topological polar surface area (TPSA) is 50.4 Å². The fraction of sp³-hybridized carbons (Fsp3) is 0.562. The first-order valence-corrected chi connectivity index (χ1v) is 7.78. The van der Waals surface area contributed by atoms with Gasteiger partial charge in [0, 0.05) is 17.5 Å². The van der Waals surface area contributed by atoms with E-state index in [2.05, 4.69) is 10.6 Å². The number of urea groups is 1. The number of halogens is 2. The zero-order valence-corrected chi connectivity index (χ0v) is 12.0. The van der Waals surface area contributed by atoms with Gasteiger partial charge in [-0.15, -0.1) is 0 Å².